The van der Waals surface area contributed by atoms with Crippen molar-refractivity contribution in [3.8, 4) is 5.88 Å². The van der Waals surface area contributed by atoms with Crippen LogP contribution in [0.25, 0.3) is 0 Å². The van der Waals surface area contributed by atoms with E-state index in [0.29, 0.717) is 5.56 Å². The van der Waals surface area contributed by atoms with Gasteiger partial charge in [0.15, 0.2) is 0 Å². The van der Waals surface area contributed by atoms with E-state index in [9.17, 15) is 22.4 Å². The number of rotatable bonds is 9. The second-order valence-electron chi connectivity index (χ2n) is 5.72. The van der Waals surface area contributed by atoms with E-state index in [2.05, 4.69) is 26.9 Å². The zero-order valence-electron chi connectivity index (χ0n) is 13.3. The van der Waals surface area contributed by atoms with Crippen molar-refractivity contribution in [3.05, 3.63) is 36.5 Å². The molecule has 1 aliphatic rings. The average Bonchev–Trinajstić information content (AvgIpc) is 3.37. The Bertz CT molecular complexity index is 596. The normalized spacial score (nSPS) is 16.4. The minimum Gasteiger partial charge on any atom is -0.417 e. The molecule has 1 saturated carbocycles. The number of urea groups is 1. The highest BCUT2D eigenvalue weighted by atomic mass is 19.3. The van der Waals surface area contributed by atoms with Gasteiger partial charge in [-0.05, 0) is 30.4 Å². The number of hydrogen-bond donors (Lipinski definition) is 2. The van der Waals surface area contributed by atoms with Crippen LogP contribution >= 0.6 is 0 Å². The number of nitrogens with zero attached hydrogens (tertiary/aromatic N) is 1. The summed E-state index contributed by atoms with van der Waals surface area (Å²) in [7, 11) is 0. The van der Waals surface area contributed by atoms with Gasteiger partial charge in [0.05, 0.1) is 6.04 Å². The van der Waals surface area contributed by atoms with Crippen molar-refractivity contribution in [2.45, 2.75) is 38.5 Å². The molecule has 5 nitrogen and oxygen atoms in total. The second kappa shape index (κ2) is 8.68. The Labute approximate surface area is 142 Å². The summed E-state index contributed by atoms with van der Waals surface area (Å²) >= 11 is 0. The molecule has 0 radical (unpaired) electrons. The van der Waals surface area contributed by atoms with Gasteiger partial charge in [0.1, 0.15) is 0 Å². The first-order valence-electron chi connectivity index (χ1n) is 7.75. The van der Waals surface area contributed by atoms with Crippen molar-refractivity contribution in [1.29, 1.82) is 0 Å². The summed E-state index contributed by atoms with van der Waals surface area (Å²) in [5, 5.41) is 4.68. The summed E-state index contributed by atoms with van der Waals surface area (Å²) in [5.41, 5.74) is 0.442. The minimum absolute atomic E-state index is 0.0495. The van der Waals surface area contributed by atoms with Crippen LogP contribution in [-0.4, -0.2) is 30.1 Å². The predicted octanol–water partition coefficient (Wildman–Crippen LogP) is 3.33. The van der Waals surface area contributed by atoms with Crippen LogP contribution in [0, 0.1) is 11.8 Å². The van der Waals surface area contributed by atoms with Crippen molar-refractivity contribution in [2.75, 3.05) is 0 Å². The van der Waals surface area contributed by atoms with E-state index >= 15 is 0 Å². The highest BCUT2D eigenvalue weighted by Gasteiger charge is 2.39. The molecule has 0 aromatic carbocycles. The number of carbonyl (C=O) groups is 1. The molecule has 2 N–H and O–H groups in total. The summed E-state index contributed by atoms with van der Waals surface area (Å²) < 4.78 is 54.9. The van der Waals surface area contributed by atoms with Crippen molar-refractivity contribution < 1.29 is 27.1 Å². The van der Waals surface area contributed by atoms with Crippen LogP contribution in [0.5, 0.6) is 5.88 Å². The van der Waals surface area contributed by atoms with Crippen LogP contribution in [0.4, 0.5) is 22.4 Å². The van der Waals surface area contributed by atoms with Gasteiger partial charge in [-0.3, -0.25) is 0 Å². The predicted molar refractivity (Wildman–Crippen MR) is 82.4 cm³/mol. The molecule has 1 unspecified atom stereocenters. The van der Waals surface area contributed by atoms with Crippen molar-refractivity contribution in [3.63, 3.8) is 0 Å². The van der Waals surface area contributed by atoms with E-state index in [0.717, 1.165) is 12.8 Å². The number of alkyl halides is 4. The number of nitrogens with one attached hydrogen (secondary N) is 2. The van der Waals surface area contributed by atoms with Gasteiger partial charge < -0.3 is 15.4 Å². The third kappa shape index (κ3) is 5.91. The maximum atomic E-state index is 13.2. The zero-order valence-corrected chi connectivity index (χ0v) is 13.3. The van der Waals surface area contributed by atoms with Gasteiger partial charge in [-0.25, -0.2) is 18.6 Å². The van der Waals surface area contributed by atoms with Gasteiger partial charge in [-0.2, -0.15) is 8.78 Å². The Kier molecular flexibility index (Phi) is 6.60. The van der Waals surface area contributed by atoms with Gasteiger partial charge in [0.2, 0.25) is 5.88 Å². The maximum Gasteiger partial charge on any atom is 0.388 e. The van der Waals surface area contributed by atoms with E-state index in [4.69, 9.17) is 0 Å². The third-order valence-electron chi connectivity index (χ3n) is 3.88. The van der Waals surface area contributed by atoms with Gasteiger partial charge in [-0.15, -0.1) is 6.58 Å². The summed E-state index contributed by atoms with van der Waals surface area (Å²) in [4.78, 5) is 15.5. The molecular formula is C16H19F4N3O2. The first-order chi connectivity index (χ1) is 11.9. The molecular weight excluding hydrogens is 342 g/mol. The van der Waals surface area contributed by atoms with Crippen LogP contribution in [0.15, 0.2) is 31.0 Å². The molecule has 0 spiro atoms. The molecule has 0 saturated heterocycles. The molecule has 1 aliphatic carbocycles. The summed E-state index contributed by atoms with van der Waals surface area (Å²) in [5.74, 6) is -0.663. The average molecular weight is 361 g/mol. The van der Waals surface area contributed by atoms with Crippen LogP contribution in [0.3, 0.4) is 0 Å². The molecule has 138 valence electrons. The van der Waals surface area contributed by atoms with Crippen molar-refractivity contribution in [2.24, 2.45) is 11.8 Å². The zero-order chi connectivity index (χ0) is 18.4. The van der Waals surface area contributed by atoms with E-state index < -0.39 is 31.0 Å². The Hall–Kier alpha value is -2.32. The van der Waals surface area contributed by atoms with Crippen LogP contribution in [0.2, 0.25) is 0 Å². The molecule has 0 bridgehead atoms. The quantitative estimate of drug-likeness (QED) is 0.524. The molecule has 2 rings (SSSR count). The summed E-state index contributed by atoms with van der Waals surface area (Å²) in [6.45, 7) is 0.513. The molecule has 1 aromatic rings. The fraction of sp³-hybridized carbons (Fsp3) is 0.500. The number of pyridine rings is 1. The fourth-order valence-electron chi connectivity index (χ4n) is 2.54. The SMILES string of the molecule is C=CC(C1CC1)[C@@H](NC(=O)NCc1ccnc(OC(F)F)c1)C(F)F. The van der Waals surface area contributed by atoms with Gasteiger partial charge in [0, 0.05) is 24.7 Å². The molecule has 25 heavy (non-hydrogen) atoms. The minimum atomic E-state index is -3.01. The lowest BCUT2D eigenvalue weighted by Gasteiger charge is -2.25. The number of amides is 2. The van der Waals surface area contributed by atoms with Gasteiger partial charge in [0.25, 0.3) is 6.43 Å². The third-order valence-corrected chi connectivity index (χ3v) is 3.88. The lowest BCUT2D eigenvalue weighted by atomic mass is 9.95. The van der Waals surface area contributed by atoms with Crippen molar-refractivity contribution in [1.82, 2.24) is 15.6 Å². The maximum absolute atomic E-state index is 13.2. The highest BCUT2D eigenvalue weighted by molar-refractivity contribution is 5.74. The van der Waals surface area contributed by atoms with E-state index in [1.165, 1.54) is 24.4 Å². The second-order valence-corrected chi connectivity index (χ2v) is 5.72. The Morgan fingerprint density at radius 2 is 2.12 bits per heavy atom. The van der Waals surface area contributed by atoms with Crippen molar-refractivity contribution >= 4 is 6.03 Å². The number of ether oxygens (including phenoxy) is 1. The lowest BCUT2D eigenvalue weighted by molar-refractivity contribution is -0.0529. The number of halogens is 4. The Morgan fingerprint density at radius 1 is 1.40 bits per heavy atom. The topological polar surface area (TPSA) is 63.2 Å². The Morgan fingerprint density at radius 3 is 2.68 bits per heavy atom. The molecule has 1 heterocycles. The van der Waals surface area contributed by atoms with Gasteiger partial charge in [-0.1, -0.05) is 6.08 Å². The molecule has 2 amide bonds. The molecule has 1 aromatic heterocycles. The molecule has 9 heteroatoms. The van der Waals surface area contributed by atoms with Crippen LogP contribution < -0.4 is 15.4 Å². The van der Waals surface area contributed by atoms with Crippen LogP contribution in [0.1, 0.15) is 18.4 Å². The smallest absolute Gasteiger partial charge is 0.388 e. The summed E-state index contributed by atoms with van der Waals surface area (Å²) in [6.07, 6.45) is 1.66. The van der Waals surface area contributed by atoms with E-state index in [-0.39, 0.29) is 18.3 Å². The Balaban J connectivity index is 1.89. The largest absolute Gasteiger partial charge is 0.417 e. The fourth-order valence-corrected chi connectivity index (χ4v) is 2.54. The monoisotopic (exact) mass is 361 g/mol. The molecule has 1 fully saturated rings. The number of aromatic nitrogens is 1. The highest BCUT2D eigenvalue weighted by Crippen LogP contribution is 2.40. The summed E-state index contributed by atoms with van der Waals surface area (Å²) in [6, 6.07) is 0.624. The number of carbonyl (C=O) groups excluding carboxylic acids is 1. The first-order valence-corrected chi connectivity index (χ1v) is 7.75. The molecule has 2 atom stereocenters. The van der Waals surface area contributed by atoms with E-state index in [1.54, 1.807) is 0 Å². The molecule has 0 aliphatic heterocycles. The first kappa shape index (κ1) is 19.0. The van der Waals surface area contributed by atoms with E-state index in [1.807, 2.05) is 0 Å². The van der Waals surface area contributed by atoms with Gasteiger partial charge >= 0.3 is 12.6 Å². The standard InChI is InChI=1S/C16H19F4N3O2/c1-2-11(10-3-4-10)13(14(17)18)23-16(24)22-8-9-5-6-21-12(7-9)25-15(19)20/h2,5-7,10-11,13-15H,1,3-4,8H2,(H2,22,23,24)/t11?,13-/m1/s1. The van der Waals surface area contributed by atoms with Crippen LogP contribution in [-0.2, 0) is 6.54 Å². The number of hydrogen-bond acceptors (Lipinski definition) is 3. The lowest BCUT2D eigenvalue weighted by Crippen LogP contribution is -2.49.